The Kier molecular flexibility index (Phi) is 12.4. The maximum Gasteiger partial charge on any atom is 0.408 e. The molecular formula is C26H43N3O5S. The Labute approximate surface area is 215 Å². The number of carbonyl (C=O) groups excluding carboxylic acids is 3. The molecule has 0 heterocycles. The number of unbranched alkanes of at least 4 members (excludes halogenated alkanes) is 1. The van der Waals surface area contributed by atoms with Gasteiger partial charge in [0.25, 0.3) is 0 Å². The second-order valence-electron chi connectivity index (χ2n) is 9.91. The van der Waals surface area contributed by atoms with Crippen LogP contribution in [0.25, 0.3) is 0 Å². The molecule has 0 aromatic heterocycles. The molecule has 35 heavy (non-hydrogen) atoms. The number of amides is 3. The molecule has 0 aliphatic heterocycles. The molecule has 0 aliphatic rings. The van der Waals surface area contributed by atoms with Crippen molar-refractivity contribution in [3.8, 4) is 5.75 Å². The minimum absolute atomic E-state index is 0.0376. The lowest BCUT2D eigenvalue weighted by molar-refractivity contribution is -0.142. The van der Waals surface area contributed by atoms with Crippen LogP contribution in [-0.2, 0) is 14.3 Å². The van der Waals surface area contributed by atoms with Crippen LogP contribution in [0.2, 0.25) is 0 Å². The molecule has 1 aromatic carbocycles. The topological polar surface area (TPSA) is 108 Å². The summed E-state index contributed by atoms with van der Waals surface area (Å²) in [5, 5.41) is 15.7. The molecule has 0 bridgehead atoms. The van der Waals surface area contributed by atoms with Gasteiger partial charge in [0.1, 0.15) is 23.4 Å². The van der Waals surface area contributed by atoms with Crippen molar-refractivity contribution in [1.82, 2.24) is 15.5 Å². The fourth-order valence-corrected chi connectivity index (χ4v) is 3.93. The number of hydrogen-bond donors (Lipinski definition) is 4. The number of ether oxygens (including phenoxy) is 1. The summed E-state index contributed by atoms with van der Waals surface area (Å²) in [6, 6.07) is 2.91. The first-order chi connectivity index (χ1) is 16.3. The van der Waals surface area contributed by atoms with Gasteiger partial charge in [-0.15, -0.1) is 0 Å². The minimum atomic E-state index is -0.980. The molecule has 1 rings (SSSR count). The number of nitrogens with one attached hydrogen (secondary N) is 2. The summed E-state index contributed by atoms with van der Waals surface area (Å²) in [5.74, 6) is -0.585. The van der Waals surface area contributed by atoms with E-state index in [2.05, 4.69) is 23.3 Å². The maximum absolute atomic E-state index is 13.7. The van der Waals surface area contributed by atoms with Gasteiger partial charge in [0.15, 0.2) is 0 Å². The molecule has 8 nitrogen and oxygen atoms in total. The lowest BCUT2D eigenvalue weighted by Crippen LogP contribution is -2.54. The Hall–Kier alpha value is -2.42. The summed E-state index contributed by atoms with van der Waals surface area (Å²) in [6.07, 6.45) is 2.46. The first kappa shape index (κ1) is 30.6. The number of aryl methyl sites for hydroxylation is 1. The number of phenols is 1. The molecular weight excluding hydrogens is 466 g/mol. The standard InChI is InChI=1S/C26H43N3O5S/c1-8-10-14-29(24(32)20(16-35)28-25(33)34-26(5,6)7)22(23(31)27-18(4)11-9-2)19-12-13-21(30)17(3)15-19/h12-13,15,18,20,22,30,35H,8-11,14,16H2,1-7H3,(H,27,31)(H,28,33). The van der Waals surface area contributed by atoms with Gasteiger partial charge in [-0.3, -0.25) is 9.59 Å². The van der Waals surface area contributed by atoms with Gasteiger partial charge in [0, 0.05) is 18.3 Å². The van der Waals surface area contributed by atoms with Gasteiger partial charge in [-0.05, 0) is 70.7 Å². The lowest BCUT2D eigenvalue weighted by atomic mass is 9.99. The molecule has 3 atom stereocenters. The van der Waals surface area contributed by atoms with Crippen molar-refractivity contribution in [2.45, 2.75) is 97.9 Å². The predicted octanol–water partition coefficient (Wildman–Crippen LogP) is 4.50. The molecule has 1 aromatic rings. The summed E-state index contributed by atoms with van der Waals surface area (Å²) in [4.78, 5) is 41.2. The van der Waals surface area contributed by atoms with Crippen molar-refractivity contribution in [3.05, 3.63) is 29.3 Å². The van der Waals surface area contributed by atoms with E-state index < -0.39 is 29.7 Å². The van der Waals surface area contributed by atoms with Gasteiger partial charge in [-0.25, -0.2) is 4.79 Å². The third-order valence-corrected chi connectivity index (χ3v) is 5.78. The Morgan fingerprint density at radius 2 is 1.80 bits per heavy atom. The van der Waals surface area contributed by atoms with E-state index in [1.165, 1.54) is 11.0 Å². The molecule has 198 valence electrons. The first-order valence-electron chi connectivity index (χ1n) is 12.3. The number of rotatable bonds is 12. The van der Waals surface area contributed by atoms with Crippen LogP contribution >= 0.6 is 12.6 Å². The van der Waals surface area contributed by atoms with Crippen LogP contribution in [0.4, 0.5) is 4.79 Å². The Balaban J connectivity index is 3.42. The minimum Gasteiger partial charge on any atom is -0.508 e. The summed E-state index contributed by atoms with van der Waals surface area (Å²) >= 11 is 4.30. The smallest absolute Gasteiger partial charge is 0.408 e. The van der Waals surface area contributed by atoms with Crippen LogP contribution < -0.4 is 10.6 Å². The van der Waals surface area contributed by atoms with Gasteiger partial charge in [0.05, 0.1) is 0 Å². The molecule has 3 unspecified atom stereocenters. The normalized spacial score (nSPS) is 13.9. The largest absolute Gasteiger partial charge is 0.508 e. The van der Waals surface area contributed by atoms with Crippen LogP contribution in [0, 0.1) is 6.92 Å². The molecule has 0 spiro atoms. The monoisotopic (exact) mass is 509 g/mol. The predicted molar refractivity (Wildman–Crippen MR) is 142 cm³/mol. The zero-order chi connectivity index (χ0) is 26.8. The maximum atomic E-state index is 13.7. The van der Waals surface area contributed by atoms with Crippen molar-refractivity contribution >= 4 is 30.5 Å². The quantitative estimate of drug-likeness (QED) is 0.310. The Morgan fingerprint density at radius 3 is 2.31 bits per heavy atom. The summed E-state index contributed by atoms with van der Waals surface area (Å²) < 4.78 is 5.32. The van der Waals surface area contributed by atoms with Crippen molar-refractivity contribution in [2.24, 2.45) is 0 Å². The number of aromatic hydroxyl groups is 1. The number of nitrogens with zero attached hydrogens (tertiary/aromatic N) is 1. The van der Waals surface area contributed by atoms with E-state index in [9.17, 15) is 19.5 Å². The summed E-state index contributed by atoms with van der Waals surface area (Å²) in [6.45, 7) is 13.2. The SMILES string of the molecule is CCCCN(C(=O)C(CS)NC(=O)OC(C)(C)C)C(C(=O)NC(C)CCC)c1ccc(O)c(C)c1. The second-order valence-corrected chi connectivity index (χ2v) is 10.3. The van der Waals surface area contributed by atoms with Crippen molar-refractivity contribution in [3.63, 3.8) is 0 Å². The van der Waals surface area contributed by atoms with Gasteiger partial charge in [-0.1, -0.05) is 32.8 Å². The van der Waals surface area contributed by atoms with Gasteiger partial charge >= 0.3 is 6.09 Å². The number of alkyl carbamates (subject to hydrolysis) is 1. The third-order valence-electron chi connectivity index (χ3n) is 5.41. The molecule has 9 heteroatoms. The Morgan fingerprint density at radius 1 is 1.14 bits per heavy atom. The molecule has 0 saturated heterocycles. The second kappa shape index (κ2) is 14.2. The van der Waals surface area contributed by atoms with E-state index in [1.807, 2.05) is 20.8 Å². The van der Waals surface area contributed by atoms with Crippen LogP contribution in [0.3, 0.4) is 0 Å². The molecule has 0 saturated carbocycles. The average molecular weight is 510 g/mol. The van der Waals surface area contributed by atoms with Crippen molar-refractivity contribution in [2.75, 3.05) is 12.3 Å². The molecule has 0 radical (unpaired) electrons. The summed E-state index contributed by atoms with van der Waals surface area (Å²) in [7, 11) is 0. The molecule has 3 N–H and O–H groups in total. The zero-order valence-electron chi connectivity index (χ0n) is 22.2. The number of thiol groups is 1. The average Bonchev–Trinajstić information content (AvgIpc) is 2.75. The highest BCUT2D eigenvalue weighted by atomic mass is 32.1. The van der Waals surface area contributed by atoms with Gasteiger partial charge < -0.3 is 25.4 Å². The fourth-order valence-electron chi connectivity index (χ4n) is 3.68. The number of phenolic OH excluding ortho intramolecular Hbond substituents is 1. The van der Waals surface area contributed by atoms with E-state index in [1.54, 1.807) is 39.8 Å². The number of benzene rings is 1. The van der Waals surface area contributed by atoms with Crippen LogP contribution in [-0.4, -0.2) is 57.9 Å². The lowest BCUT2D eigenvalue weighted by Gasteiger charge is -2.35. The zero-order valence-corrected chi connectivity index (χ0v) is 23.1. The summed E-state index contributed by atoms with van der Waals surface area (Å²) in [5.41, 5.74) is 0.459. The van der Waals surface area contributed by atoms with Gasteiger partial charge in [-0.2, -0.15) is 12.6 Å². The highest BCUT2D eigenvalue weighted by Gasteiger charge is 2.36. The van der Waals surface area contributed by atoms with Crippen LogP contribution in [0.1, 0.15) is 84.4 Å². The fraction of sp³-hybridized carbons (Fsp3) is 0.654. The van der Waals surface area contributed by atoms with E-state index >= 15 is 0 Å². The van der Waals surface area contributed by atoms with Crippen LogP contribution in [0.15, 0.2) is 18.2 Å². The van der Waals surface area contributed by atoms with Crippen LogP contribution in [0.5, 0.6) is 5.75 Å². The molecule has 0 aliphatic carbocycles. The third kappa shape index (κ3) is 9.99. The number of carbonyl (C=O) groups is 3. The first-order valence-corrected chi connectivity index (χ1v) is 13.0. The van der Waals surface area contributed by atoms with Crippen molar-refractivity contribution < 1.29 is 24.2 Å². The van der Waals surface area contributed by atoms with Gasteiger partial charge in [0.2, 0.25) is 11.8 Å². The Bertz CT molecular complexity index is 856. The highest BCUT2D eigenvalue weighted by molar-refractivity contribution is 7.80. The van der Waals surface area contributed by atoms with E-state index in [4.69, 9.17) is 4.74 Å². The van der Waals surface area contributed by atoms with E-state index in [0.29, 0.717) is 24.1 Å². The molecule has 0 fully saturated rings. The van der Waals surface area contributed by atoms with E-state index in [-0.39, 0.29) is 23.5 Å². The highest BCUT2D eigenvalue weighted by Crippen LogP contribution is 2.28. The number of hydrogen-bond acceptors (Lipinski definition) is 6. The molecule has 3 amide bonds. The van der Waals surface area contributed by atoms with Crippen molar-refractivity contribution in [1.29, 1.82) is 0 Å². The van der Waals surface area contributed by atoms with E-state index in [0.717, 1.165) is 19.3 Å².